The van der Waals surface area contributed by atoms with Crippen molar-refractivity contribution in [2.75, 3.05) is 0 Å². The molecule has 1 heteroatoms. The van der Waals surface area contributed by atoms with Crippen molar-refractivity contribution in [2.45, 2.75) is 84.5 Å². The molecule has 0 heterocycles. The number of benzene rings is 4. The van der Waals surface area contributed by atoms with E-state index in [-0.39, 0.29) is 56.9 Å². The molecule has 0 nitrogen and oxygen atoms in total. The first-order valence-corrected chi connectivity index (χ1v) is 16.1. The Bertz CT molecular complexity index is 1770. The van der Waals surface area contributed by atoms with Crippen LogP contribution in [0.25, 0.3) is 43.8 Å². The average molecular weight is 771 g/mol. The van der Waals surface area contributed by atoms with Crippen molar-refractivity contribution in [3.05, 3.63) is 146 Å². The molecular formula is C45H52Hf. The molecule has 0 aromatic heterocycles. The molecule has 0 aliphatic heterocycles. The molecule has 0 unspecified atom stereocenters. The van der Waals surface area contributed by atoms with Crippen LogP contribution in [0.4, 0.5) is 0 Å². The topological polar surface area (TPSA) is 0 Å². The van der Waals surface area contributed by atoms with E-state index in [0.717, 1.165) is 12.8 Å². The van der Waals surface area contributed by atoms with E-state index in [1.165, 1.54) is 66.1 Å². The number of hydrogen-bond donors (Lipinski definition) is 0. The second-order valence-electron chi connectivity index (χ2n) is 14.6. The van der Waals surface area contributed by atoms with Gasteiger partial charge < -0.3 is 14.9 Å². The van der Waals surface area contributed by atoms with Gasteiger partial charge in [-0.05, 0) is 51.3 Å². The van der Waals surface area contributed by atoms with Crippen LogP contribution < -0.4 is 0 Å². The van der Waals surface area contributed by atoms with Crippen molar-refractivity contribution in [3.63, 3.8) is 0 Å². The van der Waals surface area contributed by atoms with E-state index in [0.29, 0.717) is 0 Å². The van der Waals surface area contributed by atoms with Gasteiger partial charge in [0.1, 0.15) is 0 Å². The minimum absolute atomic E-state index is 0. The number of rotatable bonds is 6. The molecule has 6 aromatic rings. The van der Waals surface area contributed by atoms with Gasteiger partial charge in [0.15, 0.2) is 0 Å². The van der Waals surface area contributed by atoms with E-state index in [4.69, 9.17) is 0 Å². The summed E-state index contributed by atoms with van der Waals surface area (Å²) in [6.07, 6.45) is 2.11. The van der Waals surface area contributed by atoms with Gasteiger partial charge in [-0.2, -0.15) is 12.1 Å². The molecule has 0 aliphatic rings. The summed E-state index contributed by atoms with van der Waals surface area (Å²) in [5.41, 5.74) is 11.0. The van der Waals surface area contributed by atoms with Crippen LogP contribution in [0.1, 0.15) is 90.5 Å². The predicted octanol–water partition coefficient (Wildman–Crippen LogP) is 13.4. The molecule has 6 aromatic carbocycles. The summed E-state index contributed by atoms with van der Waals surface area (Å²) in [5, 5.41) is 5.36. The zero-order valence-electron chi connectivity index (χ0n) is 29.8. The van der Waals surface area contributed by atoms with Crippen molar-refractivity contribution >= 4 is 21.5 Å². The second kappa shape index (κ2) is 14.0. The van der Waals surface area contributed by atoms with Gasteiger partial charge in [0.05, 0.1) is 0 Å². The average Bonchev–Trinajstić information content (AvgIpc) is 3.63. The Kier molecular flexibility index (Phi) is 11.4. The Morgan fingerprint density at radius 3 is 1.22 bits per heavy atom. The van der Waals surface area contributed by atoms with Gasteiger partial charge in [-0.1, -0.05) is 127 Å². The number of hydrogen-bond acceptors (Lipinski definition) is 0. The van der Waals surface area contributed by atoms with E-state index in [9.17, 15) is 0 Å². The van der Waals surface area contributed by atoms with Crippen LogP contribution in [0.15, 0.2) is 109 Å². The third-order valence-corrected chi connectivity index (χ3v) is 9.89. The summed E-state index contributed by atoms with van der Waals surface area (Å²) in [6, 6.07) is 41.8. The van der Waals surface area contributed by atoms with Crippen LogP contribution in [-0.2, 0) is 42.1 Å². The molecule has 6 rings (SSSR count). The van der Waals surface area contributed by atoms with E-state index >= 15 is 0 Å². The molecule has 236 valence electrons. The van der Waals surface area contributed by atoms with Crippen molar-refractivity contribution in [1.82, 2.24) is 0 Å². The molecule has 0 fully saturated rings. The number of fused-ring (bicyclic) bond motifs is 2. The monoisotopic (exact) mass is 772 g/mol. The minimum Gasteiger partial charge on any atom is -0.358 e. The molecule has 46 heavy (non-hydrogen) atoms. The molecule has 0 bridgehead atoms. The Labute approximate surface area is 298 Å². The fourth-order valence-corrected chi connectivity index (χ4v) is 7.07. The normalized spacial score (nSPS) is 12.0. The van der Waals surface area contributed by atoms with E-state index in [1.54, 1.807) is 0 Å². The second-order valence-corrected chi connectivity index (χ2v) is 14.6. The van der Waals surface area contributed by atoms with E-state index in [1.807, 2.05) is 0 Å². The molecule has 0 atom stereocenters. The van der Waals surface area contributed by atoms with Gasteiger partial charge in [-0.3, -0.25) is 0 Å². The fourth-order valence-electron chi connectivity index (χ4n) is 7.07. The van der Waals surface area contributed by atoms with Crippen LogP contribution in [0.3, 0.4) is 0 Å². The van der Waals surface area contributed by atoms with Crippen molar-refractivity contribution in [3.8, 4) is 22.3 Å². The zero-order chi connectivity index (χ0) is 30.6. The Morgan fingerprint density at radius 1 is 0.500 bits per heavy atom. The summed E-state index contributed by atoms with van der Waals surface area (Å²) in [4.78, 5) is 0. The van der Waals surface area contributed by atoms with Crippen LogP contribution in [0.5, 0.6) is 0 Å². The third-order valence-electron chi connectivity index (χ3n) is 9.89. The maximum atomic E-state index is 2.49. The Hall–Kier alpha value is -3.03. The van der Waals surface area contributed by atoms with Crippen molar-refractivity contribution in [1.29, 1.82) is 0 Å². The van der Waals surface area contributed by atoms with Crippen LogP contribution in [0, 0.1) is 14.9 Å². The standard InChI is InChI=1S/C43H46.2CH3.Hf/c1-9-43(10-2,35-25-31-17-13-21-37(39(31)27-35)29-15-11-19-33(23-29)41(3,4)5)36-26-32-18-14-22-38(40(32)28-36)30-16-12-20-34(24-30)42(6,7)8;;;/h11-28H,9-10H2,1-8H3;2*1H3;/q-2;2*-1;+4. The molecule has 0 N–H and O–H groups in total. The molecule has 0 saturated carbocycles. The summed E-state index contributed by atoms with van der Waals surface area (Å²) < 4.78 is 0. The van der Waals surface area contributed by atoms with Gasteiger partial charge in [0.2, 0.25) is 0 Å². The summed E-state index contributed by atoms with van der Waals surface area (Å²) in [7, 11) is 0. The molecule has 0 radical (unpaired) electrons. The van der Waals surface area contributed by atoms with Gasteiger partial charge in [-0.25, -0.2) is 0 Å². The maximum Gasteiger partial charge on any atom is 4.00 e. The van der Waals surface area contributed by atoms with Gasteiger partial charge in [0.25, 0.3) is 0 Å². The van der Waals surface area contributed by atoms with E-state index in [2.05, 4.69) is 165 Å². The van der Waals surface area contributed by atoms with Crippen LogP contribution in [0.2, 0.25) is 0 Å². The molecule has 0 amide bonds. The van der Waals surface area contributed by atoms with Crippen LogP contribution in [-0.4, -0.2) is 0 Å². The molecule has 0 saturated heterocycles. The third kappa shape index (κ3) is 6.68. The molecule has 0 spiro atoms. The maximum absolute atomic E-state index is 2.49. The van der Waals surface area contributed by atoms with Gasteiger partial charge >= 0.3 is 25.8 Å². The largest absolute Gasteiger partial charge is 4.00 e. The minimum atomic E-state index is -0.0485. The van der Waals surface area contributed by atoms with Gasteiger partial charge in [0, 0.05) is 0 Å². The summed E-state index contributed by atoms with van der Waals surface area (Å²) >= 11 is 0. The first-order valence-electron chi connectivity index (χ1n) is 16.1. The first kappa shape index (κ1) is 37.4. The fraction of sp³-hybridized carbons (Fsp3) is 0.289. The van der Waals surface area contributed by atoms with Crippen molar-refractivity contribution < 1.29 is 25.8 Å². The quantitative estimate of drug-likeness (QED) is 0.117. The van der Waals surface area contributed by atoms with Crippen molar-refractivity contribution in [2.24, 2.45) is 0 Å². The zero-order valence-corrected chi connectivity index (χ0v) is 33.4. The Balaban J connectivity index is 0.00000192. The van der Waals surface area contributed by atoms with Crippen LogP contribution >= 0.6 is 0 Å². The first-order chi connectivity index (χ1) is 20.4. The smallest absolute Gasteiger partial charge is 0.358 e. The van der Waals surface area contributed by atoms with E-state index < -0.39 is 0 Å². The predicted molar refractivity (Wildman–Crippen MR) is 202 cm³/mol. The summed E-state index contributed by atoms with van der Waals surface area (Å²) in [6.45, 7) is 18.5. The molecule has 0 aliphatic carbocycles. The molecular weight excluding hydrogens is 719 g/mol. The summed E-state index contributed by atoms with van der Waals surface area (Å²) in [5.74, 6) is 0. The Morgan fingerprint density at radius 2 is 0.870 bits per heavy atom. The SMILES string of the molecule is CCC(CC)(c1cc2c(-c3cccc(C(C)(C)C)c3)cccc2[cH-]1)c1cc2c(-c3cccc(C(C)(C)C)c3)cccc2[cH-]1.[CH3-].[CH3-].[Hf+4]. The van der Waals surface area contributed by atoms with Gasteiger partial charge in [-0.15, -0.1) is 69.1 Å².